The molecule has 4 aromatic rings. The summed E-state index contributed by atoms with van der Waals surface area (Å²) in [6.45, 7) is 2.76. The van der Waals surface area contributed by atoms with Crippen LogP contribution in [-0.2, 0) is 5.41 Å². The van der Waals surface area contributed by atoms with Gasteiger partial charge in [-0.2, -0.15) is 15.8 Å². The van der Waals surface area contributed by atoms with Crippen LogP contribution in [0.1, 0.15) is 34.6 Å². The zero-order valence-corrected chi connectivity index (χ0v) is 18.4. The zero-order chi connectivity index (χ0) is 24.6. The number of allylic oxidation sites excluding steroid dienone is 2. The van der Waals surface area contributed by atoms with Crippen LogP contribution in [0, 0.1) is 34.0 Å². The summed E-state index contributed by atoms with van der Waals surface area (Å²) in [6, 6.07) is 19.9. The van der Waals surface area contributed by atoms with Gasteiger partial charge in [0.05, 0.1) is 34.4 Å². The summed E-state index contributed by atoms with van der Waals surface area (Å²) < 4.78 is 2.73. The first kappa shape index (κ1) is 22.1. The highest BCUT2D eigenvalue weighted by Crippen LogP contribution is 2.39. The number of nitrogens with zero attached hydrogens (tertiary/aromatic N) is 5. The minimum Gasteiger partial charge on any atom is -0.398 e. The van der Waals surface area contributed by atoms with E-state index in [4.69, 9.17) is 5.73 Å². The van der Waals surface area contributed by atoms with Crippen LogP contribution in [0.15, 0.2) is 66.6 Å². The first-order valence-corrected chi connectivity index (χ1v) is 10.3. The Hall–Kier alpha value is -5.13. The standard InChI is InChI=1S/C26H18N6O2/c1-16(33)31-12-21(18-7-3-5-9-23(18)31)20(11-27)25(30)26(14-28,15-29)22-13-32(17(2)34)24-10-6-4-8-19(22)24/h3-10,12-13H,30H2,1-2H3. The van der Waals surface area contributed by atoms with Gasteiger partial charge in [0.1, 0.15) is 6.07 Å². The summed E-state index contributed by atoms with van der Waals surface area (Å²) in [5.41, 5.74) is 5.64. The van der Waals surface area contributed by atoms with Crippen molar-refractivity contribution < 1.29 is 9.59 Å². The Morgan fingerprint density at radius 1 is 0.824 bits per heavy atom. The maximum Gasteiger partial charge on any atom is 0.227 e. The Balaban J connectivity index is 2.10. The van der Waals surface area contributed by atoms with Crippen molar-refractivity contribution in [1.82, 2.24) is 9.13 Å². The molecule has 0 aliphatic heterocycles. The second kappa shape index (κ2) is 8.09. The van der Waals surface area contributed by atoms with E-state index in [2.05, 4.69) is 0 Å². The number of nitrogens with two attached hydrogens (primary N) is 1. The average Bonchev–Trinajstić information content (AvgIpc) is 3.41. The fraction of sp³-hybridized carbons (Fsp3) is 0.115. The molecule has 0 unspecified atom stereocenters. The van der Waals surface area contributed by atoms with Gasteiger partial charge >= 0.3 is 0 Å². The average molecular weight is 446 g/mol. The quantitative estimate of drug-likeness (QED) is 0.470. The number of fused-ring (bicyclic) bond motifs is 2. The lowest BCUT2D eigenvalue weighted by atomic mass is 9.77. The van der Waals surface area contributed by atoms with Crippen LogP contribution in [0.5, 0.6) is 0 Å². The molecule has 0 saturated heterocycles. The van der Waals surface area contributed by atoms with Crippen molar-refractivity contribution in [2.45, 2.75) is 19.3 Å². The first-order chi connectivity index (χ1) is 16.3. The maximum absolute atomic E-state index is 12.2. The Morgan fingerprint density at radius 2 is 1.32 bits per heavy atom. The van der Waals surface area contributed by atoms with Gasteiger partial charge in [-0.15, -0.1) is 0 Å². The van der Waals surface area contributed by atoms with E-state index in [1.165, 1.54) is 35.4 Å². The second-order valence-corrected chi connectivity index (χ2v) is 7.77. The SMILES string of the molecule is CC(=O)n1cc(C(C#N)=C(N)C(C#N)(C#N)c2cn(C(C)=O)c3ccccc23)c2ccccc21. The molecule has 0 radical (unpaired) electrons. The van der Waals surface area contributed by atoms with Crippen LogP contribution in [0.3, 0.4) is 0 Å². The van der Waals surface area contributed by atoms with Crippen molar-refractivity contribution in [1.29, 1.82) is 15.8 Å². The minimum atomic E-state index is -2.06. The Bertz CT molecular complexity index is 1650. The summed E-state index contributed by atoms with van der Waals surface area (Å²) in [7, 11) is 0. The third-order valence-corrected chi connectivity index (χ3v) is 5.90. The van der Waals surface area contributed by atoms with E-state index < -0.39 is 5.41 Å². The molecule has 8 nitrogen and oxygen atoms in total. The van der Waals surface area contributed by atoms with Gasteiger partial charge in [-0.05, 0) is 12.1 Å². The predicted octanol–water partition coefficient (Wildman–Crippen LogP) is 4.09. The van der Waals surface area contributed by atoms with Crippen LogP contribution < -0.4 is 5.73 Å². The molecule has 4 rings (SSSR count). The van der Waals surface area contributed by atoms with E-state index >= 15 is 0 Å². The van der Waals surface area contributed by atoms with Gasteiger partial charge in [0, 0.05) is 48.1 Å². The number of benzene rings is 2. The van der Waals surface area contributed by atoms with E-state index in [0.717, 1.165) is 0 Å². The molecular formula is C26H18N6O2. The van der Waals surface area contributed by atoms with Gasteiger partial charge in [-0.25, -0.2) is 0 Å². The molecule has 0 spiro atoms. The zero-order valence-electron chi connectivity index (χ0n) is 18.4. The Labute approximate surface area is 194 Å². The van der Waals surface area contributed by atoms with Crippen molar-refractivity contribution >= 4 is 39.2 Å². The Morgan fingerprint density at radius 3 is 1.85 bits per heavy atom. The number of carbonyl (C=O) groups excluding carboxylic acids is 2. The van der Waals surface area contributed by atoms with Gasteiger partial charge < -0.3 is 5.73 Å². The molecule has 0 saturated carbocycles. The highest BCUT2D eigenvalue weighted by molar-refractivity contribution is 6.03. The van der Waals surface area contributed by atoms with E-state index in [0.29, 0.717) is 27.4 Å². The molecule has 2 aromatic heterocycles. The van der Waals surface area contributed by atoms with E-state index in [1.54, 1.807) is 48.5 Å². The summed E-state index contributed by atoms with van der Waals surface area (Å²) in [5, 5.41) is 31.7. The molecular weight excluding hydrogens is 428 g/mol. The highest BCUT2D eigenvalue weighted by atomic mass is 16.2. The van der Waals surface area contributed by atoms with Gasteiger partial charge in [0.25, 0.3) is 0 Å². The van der Waals surface area contributed by atoms with Crippen LogP contribution >= 0.6 is 0 Å². The minimum absolute atomic E-state index is 0.0982. The molecule has 0 amide bonds. The monoisotopic (exact) mass is 446 g/mol. The van der Waals surface area contributed by atoms with Gasteiger partial charge in [0.15, 0.2) is 0 Å². The predicted molar refractivity (Wildman–Crippen MR) is 126 cm³/mol. The van der Waals surface area contributed by atoms with E-state index in [-0.39, 0.29) is 28.6 Å². The lowest BCUT2D eigenvalue weighted by molar-refractivity contribution is 0.0933. The summed E-state index contributed by atoms with van der Waals surface area (Å²) >= 11 is 0. The molecule has 164 valence electrons. The molecule has 2 aromatic carbocycles. The largest absolute Gasteiger partial charge is 0.398 e. The van der Waals surface area contributed by atoms with Crippen LogP contribution in [0.2, 0.25) is 0 Å². The third-order valence-electron chi connectivity index (χ3n) is 5.90. The molecule has 34 heavy (non-hydrogen) atoms. The first-order valence-electron chi connectivity index (χ1n) is 10.3. The number of aromatic nitrogens is 2. The van der Waals surface area contributed by atoms with Crippen molar-refractivity contribution in [3.8, 4) is 18.2 Å². The number of carbonyl (C=O) groups is 2. The number of para-hydroxylation sites is 2. The van der Waals surface area contributed by atoms with E-state index in [9.17, 15) is 25.4 Å². The lowest BCUT2D eigenvalue weighted by Gasteiger charge is -2.20. The van der Waals surface area contributed by atoms with Gasteiger partial charge in [-0.1, -0.05) is 36.4 Å². The molecule has 2 heterocycles. The van der Waals surface area contributed by atoms with Gasteiger partial charge in [-0.3, -0.25) is 18.7 Å². The van der Waals surface area contributed by atoms with Crippen molar-refractivity contribution in [2.75, 3.05) is 0 Å². The molecule has 0 fully saturated rings. The third kappa shape index (κ3) is 3.04. The Kier molecular flexibility index (Phi) is 5.25. The maximum atomic E-state index is 12.2. The summed E-state index contributed by atoms with van der Waals surface area (Å²) in [5.74, 6) is -0.575. The molecule has 0 aliphatic rings. The van der Waals surface area contributed by atoms with E-state index in [1.807, 2.05) is 18.2 Å². The second-order valence-electron chi connectivity index (χ2n) is 7.77. The highest BCUT2D eigenvalue weighted by Gasteiger charge is 2.41. The topological polar surface area (TPSA) is 141 Å². The number of hydrogen-bond donors (Lipinski definition) is 1. The molecule has 8 heteroatoms. The van der Waals surface area contributed by atoms with Crippen LogP contribution in [0.25, 0.3) is 27.4 Å². The van der Waals surface area contributed by atoms with Crippen molar-refractivity contribution in [2.24, 2.45) is 5.73 Å². The summed E-state index contributed by atoms with van der Waals surface area (Å²) in [6.07, 6.45) is 2.90. The van der Waals surface area contributed by atoms with Crippen LogP contribution in [0.4, 0.5) is 0 Å². The lowest BCUT2D eigenvalue weighted by Crippen LogP contribution is -2.31. The smallest absolute Gasteiger partial charge is 0.227 e. The van der Waals surface area contributed by atoms with Crippen molar-refractivity contribution in [3.05, 3.63) is 77.7 Å². The molecule has 0 bridgehead atoms. The number of nitriles is 3. The molecule has 0 aliphatic carbocycles. The van der Waals surface area contributed by atoms with Crippen molar-refractivity contribution in [3.63, 3.8) is 0 Å². The summed E-state index contributed by atoms with van der Waals surface area (Å²) in [4.78, 5) is 24.4. The van der Waals surface area contributed by atoms with Gasteiger partial charge in [0.2, 0.25) is 17.2 Å². The fourth-order valence-corrected chi connectivity index (χ4v) is 4.24. The number of rotatable bonds is 3. The normalized spacial score (nSPS) is 12.0. The number of hydrogen-bond acceptors (Lipinski definition) is 6. The molecule has 2 N–H and O–H groups in total. The van der Waals surface area contributed by atoms with Crippen LogP contribution in [-0.4, -0.2) is 20.9 Å². The fourth-order valence-electron chi connectivity index (χ4n) is 4.24. The molecule has 0 atom stereocenters.